The number of allylic oxidation sites excluding steroid dienone is 1. The Morgan fingerprint density at radius 3 is 2.57 bits per heavy atom. The molecule has 0 unspecified atom stereocenters. The van der Waals surface area contributed by atoms with E-state index in [-0.39, 0.29) is 23.5 Å². The zero-order chi connectivity index (χ0) is 17.4. The number of fused-ring (bicyclic) bond motifs is 1. The fourth-order valence-electron chi connectivity index (χ4n) is 3.58. The predicted octanol–water partition coefficient (Wildman–Crippen LogP) is 4.56. The molecule has 3 heteroatoms. The van der Waals surface area contributed by atoms with Crippen molar-refractivity contribution < 1.29 is 14.7 Å². The minimum Gasteiger partial charge on any atom is -0.478 e. The van der Waals surface area contributed by atoms with Gasteiger partial charge < -0.3 is 5.11 Å². The van der Waals surface area contributed by atoms with Gasteiger partial charge in [-0.15, -0.1) is 0 Å². The van der Waals surface area contributed by atoms with E-state index in [1.54, 1.807) is 0 Å². The molecule has 1 aromatic carbocycles. The van der Waals surface area contributed by atoms with E-state index >= 15 is 0 Å². The molecule has 0 spiro atoms. The minimum atomic E-state index is -1.02. The number of hydrogen-bond donors (Lipinski definition) is 1. The van der Waals surface area contributed by atoms with E-state index in [4.69, 9.17) is 5.11 Å². The van der Waals surface area contributed by atoms with E-state index in [1.807, 2.05) is 6.92 Å². The molecule has 1 aliphatic rings. The first kappa shape index (κ1) is 17.5. The number of Topliss-reactive ketones (excluding diaryl/α,β-unsaturated/α-hetero) is 1. The van der Waals surface area contributed by atoms with Crippen molar-refractivity contribution in [1.82, 2.24) is 0 Å². The van der Waals surface area contributed by atoms with Crippen LogP contribution in [-0.4, -0.2) is 16.9 Å². The lowest BCUT2D eigenvalue weighted by Crippen LogP contribution is -2.15. The normalized spacial score (nSPS) is 16.1. The van der Waals surface area contributed by atoms with Crippen LogP contribution in [0.3, 0.4) is 0 Å². The van der Waals surface area contributed by atoms with Gasteiger partial charge in [0.2, 0.25) is 0 Å². The molecule has 0 atom stereocenters. The van der Waals surface area contributed by atoms with Gasteiger partial charge in [0.15, 0.2) is 5.78 Å². The maximum atomic E-state index is 12.7. The quantitative estimate of drug-likeness (QED) is 0.640. The Hall–Kier alpha value is -1.90. The Morgan fingerprint density at radius 1 is 1.35 bits per heavy atom. The third-order valence-corrected chi connectivity index (χ3v) is 4.93. The zero-order valence-corrected chi connectivity index (χ0v) is 14.7. The van der Waals surface area contributed by atoms with Gasteiger partial charge >= 0.3 is 5.97 Å². The summed E-state index contributed by atoms with van der Waals surface area (Å²) < 4.78 is 0. The van der Waals surface area contributed by atoms with Crippen molar-refractivity contribution in [3.8, 4) is 0 Å². The molecule has 1 aliphatic carbocycles. The molecule has 0 fully saturated rings. The summed E-state index contributed by atoms with van der Waals surface area (Å²) in [5, 5.41) is 8.68. The fourth-order valence-corrected chi connectivity index (χ4v) is 3.58. The SMILES string of the molecule is Cc1c2c(cc(C(C)C)c1C(=O)CC=CC(=O)O)C(C)(C)CC2. The molecule has 0 saturated heterocycles. The average molecular weight is 314 g/mol. The largest absolute Gasteiger partial charge is 0.478 e. The van der Waals surface area contributed by atoms with E-state index in [2.05, 4.69) is 33.8 Å². The van der Waals surface area contributed by atoms with Gasteiger partial charge in [0.25, 0.3) is 0 Å². The number of carboxylic acids is 1. The van der Waals surface area contributed by atoms with E-state index in [1.165, 1.54) is 17.2 Å². The summed E-state index contributed by atoms with van der Waals surface area (Å²) in [6.07, 6.45) is 4.73. The summed E-state index contributed by atoms with van der Waals surface area (Å²) in [5.74, 6) is -0.747. The minimum absolute atomic E-state index is 0.0104. The van der Waals surface area contributed by atoms with Crippen LogP contribution in [0.15, 0.2) is 18.2 Å². The molecule has 0 aliphatic heterocycles. The molecule has 0 aromatic heterocycles. The van der Waals surface area contributed by atoms with Gasteiger partial charge in [-0.1, -0.05) is 39.8 Å². The molecule has 0 amide bonds. The van der Waals surface area contributed by atoms with Crippen LogP contribution in [0.5, 0.6) is 0 Å². The summed E-state index contributed by atoms with van der Waals surface area (Å²) >= 11 is 0. The monoisotopic (exact) mass is 314 g/mol. The number of rotatable bonds is 5. The predicted molar refractivity (Wildman–Crippen MR) is 92.3 cm³/mol. The lowest BCUT2D eigenvalue weighted by molar-refractivity contribution is -0.131. The molecule has 124 valence electrons. The van der Waals surface area contributed by atoms with Gasteiger partial charge in [0, 0.05) is 18.1 Å². The second-order valence-corrected chi connectivity index (χ2v) is 7.40. The third kappa shape index (κ3) is 3.39. The molecular formula is C20H26O3. The van der Waals surface area contributed by atoms with E-state index in [0.717, 1.165) is 35.6 Å². The first-order valence-electron chi connectivity index (χ1n) is 8.24. The summed E-state index contributed by atoms with van der Waals surface area (Å²) in [6, 6.07) is 2.22. The zero-order valence-electron chi connectivity index (χ0n) is 14.7. The third-order valence-electron chi connectivity index (χ3n) is 4.93. The topological polar surface area (TPSA) is 54.4 Å². The number of carbonyl (C=O) groups excluding carboxylic acids is 1. The van der Waals surface area contributed by atoms with Gasteiger partial charge in [-0.3, -0.25) is 4.79 Å². The second kappa shape index (κ2) is 6.31. The van der Waals surface area contributed by atoms with E-state index in [0.29, 0.717) is 0 Å². The number of benzene rings is 1. The number of ketones is 1. The van der Waals surface area contributed by atoms with Crippen LogP contribution in [-0.2, 0) is 16.6 Å². The Labute approximate surface area is 138 Å². The van der Waals surface area contributed by atoms with Crippen molar-refractivity contribution in [2.75, 3.05) is 0 Å². The molecule has 1 N–H and O–H groups in total. The van der Waals surface area contributed by atoms with Gasteiger partial charge in [0.05, 0.1) is 0 Å². The van der Waals surface area contributed by atoms with Gasteiger partial charge in [-0.25, -0.2) is 4.79 Å². The van der Waals surface area contributed by atoms with E-state index < -0.39 is 5.97 Å². The van der Waals surface area contributed by atoms with Gasteiger partial charge in [-0.05, 0) is 53.4 Å². The molecule has 0 saturated carbocycles. The highest BCUT2D eigenvalue weighted by atomic mass is 16.4. The summed E-state index contributed by atoms with van der Waals surface area (Å²) in [7, 11) is 0. The summed E-state index contributed by atoms with van der Waals surface area (Å²) in [5.41, 5.74) is 5.82. The molecular weight excluding hydrogens is 288 g/mol. The number of aliphatic carboxylic acids is 1. The highest BCUT2D eigenvalue weighted by molar-refractivity contribution is 6.01. The first-order valence-corrected chi connectivity index (χ1v) is 8.24. The fraction of sp³-hybridized carbons (Fsp3) is 0.500. The maximum Gasteiger partial charge on any atom is 0.327 e. The summed E-state index contributed by atoms with van der Waals surface area (Å²) in [4.78, 5) is 23.3. The van der Waals surface area contributed by atoms with Crippen molar-refractivity contribution in [1.29, 1.82) is 0 Å². The van der Waals surface area contributed by atoms with Crippen molar-refractivity contribution in [3.63, 3.8) is 0 Å². The molecule has 23 heavy (non-hydrogen) atoms. The van der Waals surface area contributed by atoms with Crippen LogP contribution in [0.4, 0.5) is 0 Å². The lowest BCUT2D eigenvalue weighted by Gasteiger charge is -2.24. The Morgan fingerprint density at radius 2 is 2.00 bits per heavy atom. The molecule has 1 aromatic rings. The second-order valence-electron chi connectivity index (χ2n) is 7.40. The molecule has 2 rings (SSSR count). The number of carbonyl (C=O) groups is 2. The van der Waals surface area contributed by atoms with Crippen LogP contribution in [0, 0.1) is 6.92 Å². The van der Waals surface area contributed by atoms with Crippen LogP contribution in [0.25, 0.3) is 0 Å². The standard InChI is InChI=1S/C20H26O3/c1-12(2)15-11-16-14(9-10-20(16,4)5)13(3)19(15)17(21)7-6-8-18(22)23/h6,8,11-12H,7,9-10H2,1-5H3,(H,22,23). The molecule has 0 heterocycles. The van der Waals surface area contributed by atoms with Crippen molar-refractivity contribution in [3.05, 3.63) is 46.0 Å². The molecule has 0 bridgehead atoms. The van der Waals surface area contributed by atoms with Crippen LogP contribution < -0.4 is 0 Å². The molecule has 0 radical (unpaired) electrons. The highest BCUT2D eigenvalue weighted by Crippen LogP contribution is 2.43. The lowest BCUT2D eigenvalue weighted by atomic mass is 9.80. The van der Waals surface area contributed by atoms with Gasteiger partial charge in [-0.2, -0.15) is 0 Å². The van der Waals surface area contributed by atoms with Gasteiger partial charge in [0.1, 0.15) is 0 Å². The van der Waals surface area contributed by atoms with Crippen LogP contribution in [0.1, 0.15) is 79.1 Å². The van der Waals surface area contributed by atoms with Crippen LogP contribution >= 0.6 is 0 Å². The van der Waals surface area contributed by atoms with E-state index in [9.17, 15) is 9.59 Å². The molecule has 3 nitrogen and oxygen atoms in total. The number of hydrogen-bond acceptors (Lipinski definition) is 2. The highest BCUT2D eigenvalue weighted by Gasteiger charge is 2.33. The average Bonchev–Trinajstić information content (AvgIpc) is 2.74. The first-order chi connectivity index (χ1) is 10.6. The Balaban J connectivity index is 2.51. The van der Waals surface area contributed by atoms with Crippen LogP contribution in [0.2, 0.25) is 0 Å². The smallest absolute Gasteiger partial charge is 0.327 e. The maximum absolute atomic E-state index is 12.7. The summed E-state index contributed by atoms with van der Waals surface area (Å²) in [6.45, 7) is 10.8. The Kier molecular flexibility index (Phi) is 4.79. The van der Waals surface area contributed by atoms with Crippen molar-refractivity contribution in [2.24, 2.45) is 0 Å². The Bertz CT molecular complexity index is 679. The number of carboxylic acid groups (broad SMARTS) is 1. The van der Waals surface area contributed by atoms with Crippen molar-refractivity contribution in [2.45, 2.75) is 65.2 Å². The van der Waals surface area contributed by atoms with Crippen molar-refractivity contribution >= 4 is 11.8 Å².